The van der Waals surface area contributed by atoms with Crippen LogP contribution < -0.4 is 10.6 Å². The molecule has 27 heavy (non-hydrogen) atoms. The van der Waals surface area contributed by atoms with E-state index < -0.39 is 6.03 Å². The Bertz CT molecular complexity index is 785. The summed E-state index contributed by atoms with van der Waals surface area (Å²) in [7, 11) is 0. The van der Waals surface area contributed by atoms with Crippen molar-refractivity contribution in [3.8, 4) is 0 Å². The number of halogens is 1. The number of aliphatic hydroxyl groups excluding tert-OH is 1. The quantitative estimate of drug-likeness (QED) is 0.773. The second-order valence-corrected chi connectivity index (χ2v) is 6.57. The Morgan fingerprint density at radius 2 is 1.48 bits per heavy atom. The van der Waals surface area contributed by atoms with Crippen LogP contribution in [0.2, 0.25) is 0 Å². The summed E-state index contributed by atoms with van der Waals surface area (Å²) in [6.45, 7) is 1.17. The third-order valence-corrected chi connectivity index (χ3v) is 4.49. The van der Waals surface area contributed by atoms with Crippen LogP contribution in [0.15, 0.2) is 48.5 Å². The van der Waals surface area contributed by atoms with Gasteiger partial charge in [-0.3, -0.25) is 4.79 Å². The first-order chi connectivity index (χ1) is 13.0. The van der Waals surface area contributed by atoms with Gasteiger partial charge in [-0.1, -0.05) is 12.1 Å². The highest BCUT2D eigenvalue weighted by molar-refractivity contribution is 5.99. The van der Waals surface area contributed by atoms with E-state index in [9.17, 15) is 19.1 Å². The SMILES string of the molecule is O=C(Nc1ccc(F)cc1)Nc1ccc(CC(=O)N2CCC(O)CC2)cc1. The van der Waals surface area contributed by atoms with Crippen LogP contribution in [-0.2, 0) is 11.2 Å². The minimum atomic E-state index is -0.433. The van der Waals surface area contributed by atoms with Gasteiger partial charge in [-0.05, 0) is 54.8 Å². The van der Waals surface area contributed by atoms with E-state index in [2.05, 4.69) is 10.6 Å². The molecule has 2 aromatic rings. The molecule has 1 aliphatic heterocycles. The maximum atomic E-state index is 12.9. The largest absolute Gasteiger partial charge is 0.393 e. The molecule has 0 spiro atoms. The lowest BCUT2D eigenvalue weighted by molar-refractivity contribution is -0.132. The third kappa shape index (κ3) is 5.52. The van der Waals surface area contributed by atoms with Gasteiger partial charge >= 0.3 is 6.03 Å². The molecule has 142 valence electrons. The fourth-order valence-corrected chi connectivity index (χ4v) is 2.93. The predicted molar refractivity (Wildman–Crippen MR) is 101 cm³/mol. The average Bonchev–Trinajstić information content (AvgIpc) is 2.66. The van der Waals surface area contributed by atoms with E-state index in [0.29, 0.717) is 37.3 Å². The van der Waals surface area contributed by atoms with Crippen LogP contribution in [0.5, 0.6) is 0 Å². The van der Waals surface area contributed by atoms with Crippen LogP contribution in [0, 0.1) is 5.82 Å². The topological polar surface area (TPSA) is 81.7 Å². The lowest BCUT2D eigenvalue weighted by Crippen LogP contribution is -2.40. The second-order valence-electron chi connectivity index (χ2n) is 6.57. The molecule has 0 radical (unpaired) electrons. The van der Waals surface area contributed by atoms with Gasteiger partial charge in [0.1, 0.15) is 5.82 Å². The molecule has 1 fully saturated rings. The average molecular weight is 371 g/mol. The predicted octanol–water partition coefficient (Wildman–Crippen LogP) is 3.00. The number of hydrogen-bond acceptors (Lipinski definition) is 3. The van der Waals surface area contributed by atoms with Crippen LogP contribution in [0.1, 0.15) is 18.4 Å². The molecule has 1 aliphatic rings. The number of amides is 3. The molecule has 2 aromatic carbocycles. The Kier molecular flexibility index (Phi) is 6.03. The van der Waals surface area contributed by atoms with Crippen molar-refractivity contribution >= 4 is 23.3 Å². The molecule has 1 saturated heterocycles. The van der Waals surface area contributed by atoms with E-state index in [-0.39, 0.29) is 24.2 Å². The van der Waals surface area contributed by atoms with Gasteiger partial charge < -0.3 is 20.6 Å². The summed E-state index contributed by atoms with van der Waals surface area (Å²) in [5, 5.41) is 14.8. The first-order valence-corrected chi connectivity index (χ1v) is 8.88. The number of hydrogen-bond donors (Lipinski definition) is 3. The van der Waals surface area contributed by atoms with Crippen LogP contribution in [0.3, 0.4) is 0 Å². The number of piperidine rings is 1. The summed E-state index contributed by atoms with van der Waals surface area (Å²) in [4.78, 5) is 26.0. The van der Waals surface area contributed by atoms with Crippen molar-refractivity contribution in [1.29, 1.82) is 0 Å². The van der Waals surface area contributed by atoms with Gasteiger partial charge in [0.05, 0.1) is 12.5 Å². The summed E-state index contributed by atoms with van der Waals surface area (Å²) in [6, 6.07) is 12.1. The van der Waals surface area contributed by atoms with E-state index in [4.69, 9.17) is 0 Å². The normalized spacial score (nSPS) is 14.7. The monoisotopic (exact) mass is 371 g/mol. The molecule has 3 N–H and O–H groups in total. The fourth-order valence-electron chi connectivity index (χ4n) is 2.93. The first-order valence-electron chi connectivity index (χ1n) is 8.88. The highest BCUT2D eigenvalue weighted by Gasteiger charge is 2.21. The fraction of sp³-hybridized carbons (Fsp3) is 0.300. The van der Waals surface area contributed by atoms with Crippen molar-refractivity contribution in [3.63, 3.8) is 0 Å². The Morgan fingerprint density at radius 3 is 2.04 bits per heavy atom. The van der Waals surface area contributed by atoms with Gasteiger partial charge in [-0.2, -0.15) is 0 Å². The van der Waals surface area contributed by atoms with Crippen molar-refractivity contribution in [1.82, 2.24) is 4.90 Å². The molecular weight excluding hydrogens is 349 g/mol. The Hall–Kier alpha value is -2.93. The van der Waals surface area contributed by atoms with Gasteiger partial charge in [0.25, 0.3) is 0 Å². The number of aliphatic hydroxyl groups is 1. The van der Waals surface area contributed by atoms with E-state index in [1.807, 2.05) is 0 Å². The Labute approximate surface area is 157 Å². The standard InChI is InChI=1S/C20H22FN3O3/c21-15-3-7-17(8-4-15)23-20(27)22-16-5-1-14(2-6-16)13-19(26)24-11-9-18(25)10-12-24/h1-8,18,25H,9-13H2,(H2,22,23,27). The zero-order valence-corrected chi connectivity index (χ0v) is 14.8. The number of anilines is 2. The molecule has 0 aliphatic carbocycles. The number of rotatable bonds is 4. The molecule has 6 nitrogen and oxygen atoms in total. The van der Waals surface area contributed by atoms with E-state index in [0.717, 1.165) is 5.56 Å². The molecule has 0 saturated carbocycles. The van der Waals surface area contributed by atoms with Crippen molar-refractivity contribution in [2.24, 2.45) is 0 Å². The lowest BCUT2D eigenvalue weighted by atomic mass is 10.1. The van der Waals surface area contributed by atoms with Crippen LogP contribution in [-0.4, -0.2) is 41.1 Å². The lowest BCUT2D eigenvalue weighted by Gasteiger charge is -2.29. The molecular formula is C20H22FN3O3. The summed E-state index contributed by atoms with van der Waals surface area (Å²) in [5.41, 5.74) is 1.94. The zero-order valence-electron chi connectivity index (χ0n) is 14.8. The van der Waals surface area contributed by atoms with Crippen LogP contribution in [0.25, 0.3) is 0 Å². The maximum absolute atomic E-state index is 12.9. The molecule has 0 aromatic heterocycles. The smallest absolute Gasteiger partial charge is 0.323 e. The minimum absolute atomic E-state index is 0.0386. The maximum Gasteiger partial charge on any atom is 0.323 e. The zero-order chi connectivity index (χ0) is 19.2. The van der Waals surface area contributed by atoms with Gasteiger partial charge in [-0.15, -0.1) is 0 Å². The molecule has 3 amide bonds. The van der Waals surface area contributed by atoms with E-state index >= 15 is 0 Å². The van der Waals surface area contributed by atoms with Crippen LogP contribution in [0.4, 0.5) is 20.6 Å². The highest BCUT2D eigenvalue weighted by atomic mass is 19.1. The molecule has 7 heteroatoms. The summed E-state index contributed by atoms with van der Waals surface area (Å²) >= 11 is 0. The van der Waals surface area contributed by atoms with Crippen molar-refractivity contribution < 1.29 is 19.1 Å². The van der Waals surface area contributed by atoms with E-state index in [1.54, 1.807) is 29.2 Å². The number of carbonyl (C=O) groups is 2. The molecule has 1 heterocycles. The highest BCUT2D eigenvalue weighted by Crippen LogP contribution is 2.15. The molecule has 0 atom stereocenters. The Balaban J connectivity index is 1.50. The van der Waals surface area contributed by atoms with Gasteiger partial charge in [0.2, 0.25) is 5.91 Å². The van der Waals surface area contributed by atoms with Gasteiger partial charge in [-0.25, -0.2) is 9.18 Å². The number of nitrogens with zero attached hydrogens (tertiary/aromatic N) is 1. The van der Waals surface area contributed by atoms with Crippen LogP contribution >= 0.6 is 0 Å². The number of carbonyl (C=O) groups excluding carboxylic acids is 2. The van der Waals surface area contributed by atoms with Crippen molar-refractivity contribution in [2.75, 3.05) is 23.7 Å². The molecule has 0 bridgehead atoms. The number of benzene rings is 2. The van der Waals surface area contributed by atoms with Gasteiger partial charge in [0, 0.05) is 24.5 Å². The number of urea groups is 1. The molecule has 0 unspecified atom stereocenters. The summed E-state index contributed by atoms with van der Waals surface area (Å²) < 4.78 is 12.9. The van der Waals surface area contributed by atoms with Crippen molar-refractivity contribution in [2.45, 2.75) is 25.4 Å². The Morgan fingerprint density at radius 1 is 0.963 bits per heavy atom. The first kappa shape index (κ1) is 18.8. The van der Waals surface area contributed by atoms with Crippen molar-refractivity contribution in [3.05, 3.63) is 59.9 Å². The molecule has 3 rings (SSSR count). The minimum Gasteiger partial charge on any atom is -0.393 e. The number of nitrogens with one attached hydrogen (secondary N) is 2. The van der Waals surface area contributed by atoms with Gasteiger partial charge in [0.15, 0.2) is 0 Å². The third-order valence-electron chi connectivity index (χ3n) is 4.49. The summed E-state index contributed by atoms with van der Waals surface area (Å²) in [5.74, 6) is -0.330. The van der Waals surface area contributed by atoms with E-state index in [1.165, 1.54) is 24.3 Å². The number of likely N-dealkylation sites (tertiary alicyclic amines) is 1. The second kappa shape index (κ2) is 8.64. The summed E-state index contributed by atoms with van der Waals surface area (Å²) in [6.07, 6.45) is 1.23.